The molecular weight excluding hydrogens is 272 g/mol. The fourth-order valence-electron chi connectivity index (χ4n) is 2.00. The number of carbonyl (C=O) groups is 1. The first-order valence-corrected chi connectivity index (χ1v) is 6.05. The Morgan fingerprint density at radius 1 is 1.52 bits per heavy atom. The van der Waals surface area contributed by atoms with Crippen molar-refractivity contribution in [1.29, 1.82) is 5.26 Å². The fraction of sp³-hybridized carbons (Fsp3) is 0.154. The molecule has 3 heterocycles. The fourth-order valence-corrected chi connectivity index (χ4v) is 2.00. The van der Waals surface area contributed by atoms with Gasteiger partial charge in [-0.25, -0.2) is 19.4 Å². The van der Waals surface area contributed by atoms with Crippen molar-refractivity contribution < 1.29 is 9.53 Å². The average Bonchev–Trinajstić information content (AvgIpc) is 3.12. The smallest absolute Gasteiger partial charge is 0.341 e. The summed E-state index contributed by atoms with van der Waals surface area (Å²) in [5, 5.41) is 12.7. The number of rotatable bonds is 3. The lowest BCUT2D eigenvalue weighted by Crippen LogP contribution is -2.04. The van der Waals surface area contributed by atoms with E-state index >= 15 is 0 Å². The molecule has 104 valence electrons. The highest BCUT2D eigenvalue weighted by molar-refractivity contribution is 5.95. The molecule has 8 heteroatoms. The van der Waals surface area contributed by atoms with Crippen LogP contribution < -0.4 is 0 Å². The lowest BCUT2D eigenvalue weighted by atomic mass is 10.3. The van der Waals surface area contributed by atoms with Crippen molar-refractivity contribution in [3.8, 4) is 6.07 Å². The lowest BCUT2D eigenvalue weighted by molar-refractivity contribution is 0.0602. The number of pyridine rings is 1. The molecule has 0 bridgehead atoms. The van der Waals surface area contributed by atoms with E-state index in [0.29, 0.717) is 23.4 Å². The molecule has 0 N–H and O–H groups in total. The van der Waals surface area contributed by atoms with Crippen molar-refractivity contribution in [3.05, 3.63) is 47.9 Å². The monoisotopic (exact) mass is 282 g/mol. The van der Waals surface area contributed by atoms with Gasteiger partial charge in [0.1, 0.15) is 18.0 Å². The first-order chi connectivity index (χ1) is 10.2. The third-order valence-corrected chi connectivity index (χ3v) is 2.90. The number of esters is 1. The molecule has 0 fully saturated rings. The van der Waals surface area contributed by atoms with Crippen LogP contribution in [0, 0.1) is 11.3 Å². The lowest BCUT2D eigenvalue weighted by Gasteiger charge is -2.00. The van der Waals surface area contributed by atoms with Gasteiger partial charge < -0.3 is 9.14 Å². The van der Waals surface area contributed by atoms with Crippen LogP contribution in [-0.4, -0.2) is 37.2 Å². The molecule has 3 aromatic rings. The molecule has 0 aliphatic carbocycles. The maximum absolute atomic E-state index is 11.7. The zero-order chi connectivity index (χ0) is 14.8. The summed E-state index contributed by atoms with van der Waals surface area (Å²) >= 11 is 0. The van der Waals surface area contributed by atoms with Crippen molar-refractivity contribution >= 4 is 11.6 Å². The minimum absolute atomic E-state index is 0.106. The number of aromatic nitrogens is 5. The van der Waals surface area contributed by atoms with E-state index in [0.717, 1.165) is 0 Å². The standard InChI is InChI=1S/C13H10N6O2/c1-21-13(20)10-3-2-4-18-6-9(16-12(10)18)7-19-8-15-11(5-14)17-19/h2-4,6,8H,7H2,1H3. The van der Waals surface area contributed by atoms with Gasteiger partial charge in [-0.1, -0.05) is 0 Å². The van der Waals surface area contributed by atoms with E-state index in [1.807, 2.05) is 6.07 Å². The van der Waals surface area contributed by atoms with Crippen molar-refractivity contribution in [2.45, 2.75) is 6.54 Å². The highest BCUT2D eigenvalue weighted by Gasteiger charge is 2.13. The predicted molar refractivity (Wildman–Crippen MR) is 70.4 cm³/mol. The normalized spacial score (nSPS) is 10.5. The Labute approximate surface area is 119 Å². The summed E-state index contributed by atoms with van der Waals surface area (Å²) in [6.07, 6.45) is 5.04. The highest BCUT2D eigenvalue weighted by atomic mass is 16.5. The molecule has 3 aromatic heterocycles. The molecular formula is C13H10N6O2. The van der Waals surface area contributed by atoms with Crippen LogP contribution in [0.1, 0.15) is 21.9 Å². The third-order valence-electron chi connectivity index (χ3n) is 2.90. The van der Waals surface area contributed by atoms with Crippen molar-refractivity contribution in [2.24, 2.45) is 0 Å². The SMILES string of the molecule is COC(=O)c1cccn2cc(Cn3cnc(C#N)n3)nc12. The van der Waals surface area contributed by atoms with Gasteiger partial charge in [0.15, 0.2) is 5.65 Å². The van der Waals surface area contributed by atoms with Crippen LogP contribution in [0.2, 0.25) is 0 Å². The molecule has 0 saturated heterocycles. The molecule has 0 unspecified atom stereocenters. The number of ether oxygens (including phenoxy) is 1. The number of nitrogens with zero attached hydrogens (tertiary/aromatic N) is 6. The van der Waals surface area contributed by atoms with Crippen LogP contribution in [0.4, 0.5) is 0 Å². The van der Waals surface area contributed by atoms with Crippen LogP contribution in [-0.2, 0) is 11.3 Å². The number of hydrogen-bond acceptors (Lipinski definition) is 6. The molecule has 0 aliphatic heterocycles. The number of methoxy groups -OCH3 is 1. The van der Waals surface area contributed by atoms with E-state index < -0.39 is 5.97 Å². The van der Waals surface area contributed by atoms with E-state index in [9.17, 15) is 4.79 Å². The second-order valence-corrected chi connectivity index (χ2v) is 4.25. The molecule has 0 radical (unpaired) electrons. The van der Waals surface area contributed by atoms with Gasteiger partial charge in [-0.3, -0.25) is 0 Å². The van der Waals surface area contributed by atoms with Gasteiger partial charge in [-0.05, 0) is 12.1 Å². The number of fused-ring (bicyclic) bond motifs is 1. The second kappa shape index (κ2) is 5.05. The summed E-state index contributed by atoms with van der Waals surface area (Å²) in [6.45, 7) is 0.358. The van der Waals surface area contributed by atoms with E-state index in [2.05, 4.69) is 15.1 Å². The minimum Gasteiger partial charge on any atom is -0.465 e. The first-order valence-electron chi connectivity index (χ1n) is 6.05. The average molecular weight is 282 g/mol. The summed E-state index contributed by atoms with van der Waals surface area (Å²) < 4.78 is 7.99. The molecule has 8 nitrogen and oxygen atoms in total. The summed E-state index contributed by atoms with van der Waals surface area (Å²) in [5.74, 6) is -0.334. The van der Waals surface area contributed by atoms with E-state index in [1.165, 1.54) is 18.1 Å². The van der Waals surface area contributed by atoms with Crippen LogP contribution in [0.25, 0.3) is 5.65 Å². The Morgan fingerprint density at radius 3 is 3.10 bits per heavy atom. The van der Waals surface area contributed by atoms with Crippen molar-refractivity contribution in [2.75, 3.05) is 7.11 Å². The van der Waals surface area contributed by atoms with E-state index in [-0.39, 0.29) is 5.82 Å². The van der Waals surface area contributed by atoms with Crippen LogP contribution in [0.15, 0.2) is 30.9 Å². The van der Waals surface area contributed by atoms with Gasteiger partial charge >= 0.3 is 5.97 Å². The molecule has 21 heavy (non-hydrogen) atoms. The second-order valence-electron chi connectivity index (χ2n) is 4.25. The molecule has 0 aliphatic rings. The summed E-state index contributed by atoms with van der Waals surface area (Å²) in [7, 11) is 1.33. The number of hydrogen-bond donors (Lipinski definition) is 0. The molecule has 0 atom stereocenters. The molecule has 0 amide bonds. The highest BCUT2D eigenvalue weighted by Crippen LogP contribution is 2.13. The van der Waals surface area contributed by atoms with Gasteiger partial charge in [-0.15, -0.1) is 5.10 Å². The summed E-state index contributed by atoms with van der Waals surface area (Å²) in [5.41, 5.74) is 1.60. The largest absolute Gasteiger partial charge is 0.465 e. The van der Waals surface area contributed by atoms with Gasteiger partial charge in [0, 0.05) is 12.4 Å². The Hall–Kier alpha value is -3.21. The topological polar surface area (TPSA) is 98.1 Å². The molecule has 0 saturated carbocycles. The quantitative estimate of drug-likeness (QED) is 0.653. The Kier molecular flexibility index (Phi) is 3.08. The predicted octanol–water partition coefficient (Wildman–Crippen LogP) is 0.632. The minimum atomic E-state index is -0.440. The van der Waals surface area contributed by atoms with Gasteiger partial charge in [0.05, 0.1) is 19.3 Å². The zero-order valence-electron chi connectivity index (χ0n) is 11.1. The molecule has 0 spiro atoms. The van der Waals surface area contributed by atoms with E-state index in [4.69, 9.17) is 10.00 Å². The Balaban J connectivity index is 1.97. The zero-order valence-corrected chi connectivity index (χ0v) is 11.1. The Bertz CT molecular complexity index is 857. The van der Waals surface area contributed by atoms with Gasteiger partial charge in [-0.2, -0.15) is 5.26 Å². The maximum atomic E-state index is 11.7. The summed E-state index contributed by atoms with van der Waals surface area (Å²) in [4.78, 5) is 19.9. The first kappa shape index (κ1) is 12.8. The van der Waals surface area contributed by atoms with Crippen LogP contribution in [0.5, 0.6) is 0 Å². The van der Waals surface area contributed by atoms with Crippen molar-refractivity contribution in [3.63, 3.8) is 0 Å². The molecule has 3 rings (SSSR count). The number of carbonyl (C=O) groups excluding carboxylic acids is 1. The summed E-state index contributed by atoms with van der Waals surface area (Å²) in [6, 6.07) is 5.26. The molecule has 0 aromatic carbocycles. The van der Waals surface area contributed by atoms with Crippen LogP contribution in [0.3, 0.4) is 0 Å². The Morgan fingerprint density at radius 2 is 2.38 bits per heavy atom. The van der Waals surface area contributed by atoms with Gasteiger partial charge in [0.25, 0.3) is 5.82 Å². The van der Waals surface area contributed by atoms with E-state index in [1.54, 1.807) is 28.9 Å². The number of imidazole rings is 1. The van der Waals surface area contributed by atoms with Gasteiger partial charge in [0.2, 0.25) is 0 Å². The third kappa shape index (κ3) is 2.32. The van der Waals surface area contributed by atoms with Crippen molar-refractivity contribution in [1.82, 2.24) is 24.1 Å². The maximum Gasteiger partial charge on any atom is 0.341 e. The number of nitriles is 1. The van der Waals surface area contributed by atoms with Crippen LogP contribution >= 0.6 is 0 Å².